The van der Waals surface area contributed by atoms with E-state index in [0.717, 1.165) is 37.8 Å². The van der Waals surface area contributed by atoms with Crippen molar-refractivity contribution in [3.05, 3.63) is 54.1 Å². The zero-order valence-electron chi connectivity index (χ0n) is 13.3. The molecular formula is C18H24N4O. The van der Waals surface area contributed by atoms with Crippen molar-refractivity contribution in [2.24, 2.45) is 11.7 Å². The molecule has 1 aromatic carbocycles. The largest absolute Gasteiger partial charge is 0.352 e. The van der Waals surface area contributed by atoms with Crippen molar-refractivity contribution in [2.75, 3.05) is 0 Å². The van der Waals surface area contributed by atoms with Gasteiger partial charge in [-0.3, -0.25) is 4.79 Å². The van der Waals surface area contributed by atoms with Crippen LogP contribution in [0, 0.1) is 5.92 Å². The van der Waals surface area contributed by atoms with Crippen molar-refractivity contribution in [3.63, 3.8) is 0 Å². The lowest BCUT2D eigenvalue weighted by Gasteiger charge is -2.25. The van der Waals surface area contributed by atoms with Crippen molar-refractivity contribution < 1.29 is 4.79 Å². The summed E-state index contributed by atoms with van der Waals surface area (Å²) in [6.45, 7) is 1.33. The molecule has 23 heavy (non-hydrogen) atoms. The molecule has 2 aromatic rings. The minimum absolute atomic E-state index is 0.0690. The molecule has 3 rings (SSSR count). The van der Waals surface area contributed by atoms with Crippen LogP contribution in [0.15, 0.2) is 43.0 Å². The Morgan fingerprint density at radius 1 is 1.30 bits per heavy atom. The topological polar surface area (TPSA) is 72.9 Å². The lowest BCUT2D eigenvalue weighted by molar-refractivity contribution is -0.126. The molecule has 122 valence electrons. The van der Waals surface area contributed by atoms with Gasteiger partial charge >= 0.3 is 0 Å². The summed E-state index contributed by atoms with van der Waals surface area (Å²) >= 11 is 0. The van der Waals surface area contributed by atoms with Crippen molar-refractivity contribution in [2.45, 2.75) is 44.8 Å². The first kappa shape index (κ1) is 15.7. The zero-order valence-corrected chi connectivity index (χ0v) is 13.3. The van der Waals surface area contributed by atoms with Gasteiger partial charge in [-0.25, -0.2) is 4.98 Å². The number of carbonyl (C=O) groups excluding carboxylic acids is 1. The number of carbonyl (C=O) groups is 1. The molecule has 1 saturated carbocycles. The summed E-state index contributed by atoms with van der Waals surface area (Å²) in [7, 11) is 0. The monoisotopic (exact) mass is 312 g/mol. The minimum Gasteiger partial charge on any atom is -0.352 e. The molecule has 3 N–H and O–H groups in total. The Bertz CT molecular complexity index is 638. The molecule has 1 aromatic heterocycles. The van der Waals surface area contributed by atoms with E-state index in [4.69, 9.17) is 5.73 Å². The third-order valence-electron chi connectivity index (χ3n) is 4.57. The Hall–Kier alpha value is -2.14. The predicted octanol–water partition coefficient (Wildman–Crippen LogP) is 2.07. The Morgan fingerprint density at radius 2 is 2.13 bits per heavy atom. The van der Waals surface area contributed by atoms with E-state index in [2.05, 4.69) is 22.4 Å². The van der Waals surface area contributed by atoms with Crippen LogP contribution in [-0.4, -0.2) is 21.5 Å². The van der Waals surface area contributed by atoms with Gasteiger partial charge in [0.2, 0.25) is 5.91 Å². The molecule has 0 radical (unpaired) electrons. The van der Waals surface area contributed by atoms with E-state index in [1.54, 1.807) is 12.5 Å². The van der Waals surface area contributed by atoms with Crippen LogP contribution < -0.4 is 11.1 Å². The minimum atomic E-state index is 0.0690. The highest BCUT2D eigenvalue weighted by molar-refractivity contribution is 5.78. The van der Waals surface area contributed by atoms with E-state index in [-0.39, 0.29) is 17.9 Å². The molecule has 0 aliphatic heterocycles. The number of aromatic nitrogens is 2. The number of nitrogens with zero attached hydrogens (tertiary/aromatic N) is 2. The number of imidazole rings is 1. The van der Waals surface area contributed by atoms with Gasteiger partial charge in [0.1, 0.15) is 0 Å². The van der Waals surface area contributed by atoms with Gasteiger partial charge in [0.25, 0.3) is 0 Å². The van der Waals surface area contributed by atoms with Crippen molar-refractivity contribution in [1.82, 2.24) is 14.9 Å². The first-order valence-electron chi connectivity index (χ1n) is 8.28. The van der Waals surface area contributed by atoms with Crippen LogP contribution in [0.4, 0.5) is 0 Å². The third-order valence-corrected chi connectivity index (χ3v) is 4.57. The van der Waals surface area contributed by atoms with Gasteiger partial charge in [0.15, 0.2) is 0 Å². The number of amides is 1. The molecule has 2 unspecified atom stereocenters. The van der Waals surface area contributed by atoms with Gasteiger partial charge in [-0.1, -0.05) is 30.7 Å². The second-order valence-corrected chi connectivity index (χ2v) is 6.35. The van der Waals surface area contributed by atoms with Crippen LogP contribution in [0.25, 0.3) is 0 Å². The molecule has 0 bridgehead atoms. The van der Waals surface area contributed by atoms with Crippen LogP contribution in [-0.2, 0) is 17.9 Å². The fourth-order valence-electron chi connectivity index (χ4n) is 3.25. The van der Waals surface area contributed by atoms with Gasteiger partial charge in [-0.15, -0.1) is 0 Å². The Labute approximate surface area is 136 Å². The maximum atomic E-state index is 12.4. The number of hydrogen-bond acceptors (Lipinski definition) is 3. The molecule has 2 atom stereocenters. The average Bonchev–Trinajstić information content (AvgIpc) is 3.07. The van der Waals surface area contributed by atoms with Crippen molar-refractivity contribution >= 4 is 5.91 Å². The van der Waals surface area contributed by atoms with E-state index in [1.807, 2.05) is 22.9 Å². The van der Waals surface area contributed by atoms with Crippen LogP contribution in [0.3, 0.4) is 0 Å². The molecular weight excluding hydrogens is 288 g/mol. The number of nitrogens with one attached hydrogen (secondary N) is 1. The summed E-state index contributed by atoms with van der Waals surface area (Å²) in [4.78, 5) is 16.4. The smallest absolute Gasteiger partial charge is 0.223 e. The van der Waals surface area contributed by atoms with Gasteiger partial charge in [-0.05, 0) is 30.4 Å². The highest BCUT2D eigenvalue weighted by Crippen LogP contribution is 2.23. The quantitative estimate of drug-likeness (QED) is 0.887. The third kappa shape index (κ3) is 4.20. The molecule has 0 spiro atoms. The van der Waals surface area contributed by atoms with E-state index in [1.165, 1.54) is 5.56 Å². The number of benzene rings is 1. The van der Waals surface area contributed by atoms with E-state index >= 15 is 0 Å². The summed E-state index contributed by atoms with van der Waals surface area (Å²) in [5, 5.41) is 3.09. The Morgan fingerprint density at radius 3 is 2.87 bits per heavy atom. The summed E-state index contributed by atoms with van der Waals surface area (Å²) in [6.07, 6.45) is 9.38. The normalized spacial score (nSPS) is 21.1. The van der Waals surface area contributed by atoms with Gasteiger partial charge < -0.3 is 15.6 Å². The maximum absolute atomic E-state index is 12.4. The number of hydrogen-bond donors (Lipinski definition) is 2. The number of rotatable bonds is 5. The fraction of sp³-hybridized carbons (Fsp3) is 0.444. The fourth-order valence-corrected chi connectivity index (χ4v) is 3.25. The Balaban J connectivity index is 1.60. The van der Waals surface area contributed by atoms with Crippen molar-refractivity contribution in [3.8, 4) is 0 Å². The van der Waals surface area contributed by atoms with Crippen LogP contribution in [0.1, 0.15) is 36.8 Å². The molecule has 5 nitrogen and oxygen atoms in total. The average molecular weight is 312 g/mol. The Kier molecular flexibility index (Phi) is 5.08. The lowest BCUT2D eigenvalue weighted by atomic mass is 9.85. The number of nitrogens with two attached hydrogens (primary N) is 1. The summed E-state index contributed by atoms with van der Waals surface area (Å²) < 4.78 is 2.03. The van der Waals surface area contributed by atoms with Gasteiger partial charge in [0, 0.05) is 37.4 Å². The van der Waals surface area contributed by atoms with Gasteiger partial charge in [-0.2, -0.15) is 0 Å². The first-order valence-corrected chi connectivity index (χ1v) is 8.28. The van der Waals surface area contributed by atoms with E-state index in [9.17, 15) is 4.79 Å². The first-order chi connectivity index (χ1) is 11.2. The summed E-state index contributed by atoms with van der Waals surface area (Å²) in [5.41, 5.74) is 8.33. The molecule has 0 saturated heterocycles. The molecule has 1 aliphatic carbocycles. The summed E-state index contributed by atoms with van der Waals surface area (Å²) in [5.74, 6) is 0.206. The molecule has 1 amide bonds. The molecule has 1 heterocycles. The summed E-state index contributed by atoms with van der Waals surface area (Å²) in [6, 6.07) is 8.37. The van der Waals surface area contributed by atoms with Crippen LogP contribution >= 0.6 is 0 Å². The SMILES string of the molecule is NC1CCCC(C(=O)NCc2ccccc2Cn2ccnc2)C1. The molecule has 1 fully saturated rings. The second kappa shape index (κ2) is 7.42. The maximum Gasteiger partial charge on any atom is 0.223 e. The van der Waals surface area contributed by atoms with E-state index < -0.39 is 0 Å². The van der Waals surface area contributed by atoms with E-state index in [0.29, 0.717) is 6.54 Å². The standard InChI is InChI=1S/C18H24N4O/c19-17-7-3-6-14(10-17)18(23)21-11-15-4-1-2-5-16(15)12-22-9-8-20-13-22/h1-2,4-5,8-9,13-14,17H,3,6-7,10-12,19H2,(H,21,23). The molecule has 5 heteroatoms. The van der Waals surface area contributed by atoms with Crippen LogP contribution in [0.5, 0.6) is 0 Å². The zero-order chi connectivity index (χ0) is 16.1. The predicted molar refractivity (Wildman–Crippen MR) is 89.6 cm³/mol. The van der Waals surface area contributed by atoms with Crippen molar-refractivity contribution in [1.29, 1.82) is 0 Å². The lowest BCUT2D eigenvalue weighted by Crippen LogP contribution is -2.37. The molecule has 1 aliphatic rings. The van der Waals surface area contributed by atoms with Crippen LogP contribution in [0.2, 0.25) is 0 Å². The highest BCUT2D eigenvalue weighted by atomic mass is 16.1. The highest BCUT2D eigenvalue weighted by Gasteiger charge is 2.25. The van der Waals surface area contributed by atoms with Gasteiger partial charge in [0.05, 0.1) is 6.33 Å². The second-order valence-electron chi connectivity index (χ2n) is 6.35.